The molecule has 10 heteroatoms. The molecule has 0 aliphatic rings. The maximum Gasteiger partial charge on any atom is 0.330 e. The van der Waals surface area contributed by atoms with Crippen molar-refractivity contribution in [3.8, 4) is 0 Å². The van der Waals surface area contributed by atoms with E-state index >= 15 is 0 Å². The molecule has 0 saturated carbocycles. The van der Waals surface area contributed by atoms with Crippen molar-refractivity contribution >= 4 is 34.3 Å². The van der Waals surface area contributed by atoms with Crippen LogP contribution in [0.3, 0.4) is 0 Å². The fourth-order valence-electron chi connectivity index (χ4n) is 4.22. The number of hydrogen-bond donors (Lipinski definition) is 2. The maximum absolute atomic E-state index is 13.4. The number of nitrogens with zero attached hydrogens (tertiary/aromatic N) is 3. The van der Waals surface area contributed by atoms with Gasteiger partial charge in [0, 0.05) is 31.1 Å². The summed E-state index contributed by atoms with van der Waals surface area (Å²) in [6.07, 6.45) is 1.63. The number of fused-ring (bicyclic) bond motifs is 1. The highest BCUT2D eigenvalue weighted by atomic mass is 16.3. The van der Waals surface area contributed by atoms with E-state index in [-0.39, 0.29) is 55.3 Å². The molecule has 0 bridgehead atoms. The molecule has 0 aliphatic heterocycles. The molecule has 37 heavy (non-hydrogen) atoms. The van der Waals surface area contributed by atoms with Gasteiger partial charge in [-0.3, -0.25) is 23.9 Å². The topological polar surface area (TPSA) is 135 Å². The Morgan fingerprint density at radius 1 is 1.05 bits per heavy atom. The number of nitrogens with two attached hydrogens (primary N) is 1. The number of carbonyl (C=O) groups excluding carboxylic acids is 2. The number of likely N-dealkylation sites (N-methyl/N-ethyl adjacent to an activating group) is 1. The van der Waals surface area contributed by atoms with E-state index in [4.69, 9.17) is 10.2 Å². The van der Waals surface area contributed by atoms with Crippen LogP contribution in [0.15, 0.2) is 32.4 Å². The number of carbonyl (C=O) groups is 2. The third kappa shape index (κ3) is 6.12. The molecular formula is C27H37N5O5. The quantitative estimate of drug-likeness (QED) is 0.454. The molecule has 0 spiro atoms. The van der Waals surface area contributed by atoms with Gasteiger partial charge >= 0.3 is 5.69 Å². The second kappa shape index (κ2) is 11.1. The van der Waals surface area contributed by atoms with E-state index in [1.165, 1.54) is 14.4 Å². The monoisotopic (exact) mass is 511 g/mol. The van der Waals surface area contributed by atoms with Crippen LogP contribution in [0.5, 0.6) is 0 Å². The van der Waals surface area contributed by atoms with Gasteiger partial charge in [0.05, 0.1) is 19.2 Å². The molecule has 2 aromatic heterocycles. The van der Waals surface area contributed by atoms with Crippen LogP contribution in [-0.4, -0.2) is 46.4 Å². The van der Waals surface area contributed by atoms with E-state index < -0.39 is 17.2 Å². The number of nitrogen functional groups attached to an aromatic ring is 1. The number of rotatable bonds is 9. The summed E-state index contributed by atoms with van der Waals surface area (Å²) in [5, 5.41) is 0.865. The van der Waals surface area contributed by atoms with Gasteiger partial charge in [0.2, 0.25) is 11.8 Å². The lowest BCUT2D eigenvalue weighted by Crippen LogP contribution is -2.47. The summed E-state index contributed by atoms with van der Waals surface area (Å²) >= 11 is 0. The number of hydrogen-bond acceptors (Lipinski definition) is 6. The molecule has 2 amide bonds. The molecule has 0 aliphatic carbocycles. The number of anilines is 2. The summed E-state index contributed by atoms with van der Waals surface area (Å²) in [7, 11) is 1.54. The highest BCUT2D eigenvalue weighted by molar-refractivity contribution is 5.99. The first-order valence-electron chi connectivity index (χ1n) is 12.4. The highest BCUT2D eigenvalue weighted by Crippen LogP contribution is 2.25. The average Bonchev–Trinajstić information content (AvgIpc) is 3.16. The minimum atomic E-state index is -0.735. The number of H-pyrrole nitrogens is 1. The predicted octanol–water partition coefficient (Wildman–Crippen LogP) is 2.83. The van der Waals surface area contributed by atoms with Gasteiger partial charge in [-0.15, -0.1) is 0 Å². The van der Waals surface area contributed by atoms with Crippen LogP contribution in [0.1, 0.15) is 44.4 Å². The third-order valence-corrected chi connectivity index (χ3v) is 6.29. The first-order valence-corrected chi connectivity index (χ1v) is 12.4. The van der Waals surface area contributed by atoms with Crippen molar-refractivity contribution in [3.63, 3.8) is 0 Å². The normalized spacial score (nSPS) is 11.5. The Bertz CT molecular complexity index is 1430. The van der Waals surface area contributed by atoms with Gasteiger partial charge in [-0.25, -0.2) is 4.79 Å². The summed E-state index contributed by atoms with van der Waals surface area (Å²) in [6, 6.07) is 3.93. The number of aromatic amines is 1. The van der Waals surface area contributed by atoms with Gasteiger partial charge in [-0.2, -0.15) is 0 Å². The third-order valence-electron chi connectivity index (χ3n) is 6.29. The lowest BCUT2D eigenvalue weighted by molar-refractivity contribution is -0.133. The number of amides is 2. The summed E-state index contributed by atoms with van der Waals surface area (Å²) in [5.74, 6) is -0.729. The Hall–Kier alpha value is -3.82. The van der Waals surface area contributed by atoms with Crippen LogP contribution in [-0.2, 0) is 22.6 Å². The molecule has 3 N–H and O–H groups in total. The van der Waals surface area contributed by atoms with Crippen molar-refractivity contribution in [2.24, 2.45) is 11.8 Å². The van der Waals surface area contributed by atoms with Crippen molar-refractivity contribution in [2.75, 3.05) is 30.8 Å². The largest absolute Gasteiger partial charge is 0.464 e. The van der Waals surface area contributed by atoms with Gasteiger partial charge in [0.25, 0.3) is 5.56 Å². The molecule has 10 nitrogen and oxygen atoms in total. The molecule has 3 aromatic rings. The van der Waals surface area contributed by atoms with Crippen LogP contribution in [0.25, 0.3) is 11.0 Å². The van der Waals surface area contributed by atoms with Gasteiger partial charge in [0.15, 0.2) is 5.69 Å². The molecular weight excluding hydrogens is 474 g/mol. The summed E-state index contributed by atoms with van der Waals surface area (Å²) in [4.78, 5) is 56.5. The van der Waals surface area contributed by atoms with Gasteiger partial charge < -0.3 is 20.0 Å². The molecule has 0 unspecified atom stereocenters. The Labute approximate surface area is 216 Å². The zero-order valence-corrected chi connectivity index (χ0v) is 22.7. The van der Waals surface area contributed by atoms with E-state index in [1.807, 2.05) is 53.7 Å². The van der Waals surface area contributed by atoms with Crippen molar-refractivity contribution in [2.45, 2.75) is 54.5 Å². The standard InChI is InChI=1S/C27H37N5O5/c1-15(2)11-31(24-25(28)32(12-16(3)4)27(36)29-26(24)35)23(34)13-30(7)22(33)10-19-14-37-21-9-18(6)17(5)8-20(19)21/h8-9,14-16H,10-13,28H2,1-7H3,(H,29,35,36). The van der Waals surface area contributed by atoms with Crippen LogP contribution in [0.4, 0.5) is 11.5 Å². The minimum absolute atomic E-state index is 0.00164. The molecule has 3 rings (SSSR count). The smallest absolute Gasteiger partial charge is 0.330 e. The Kier molecular flexibility index (Phi) is 8.30. The van der Waals surface area contributed by atoms with Crippen LogP contribution in [0.2, 0.25) is 0 Å². The van der Waals surface area contributed by atoms with E-state index in [0.29, 0.717) is 5.58 Å². The number of benzene rings is 1. The van der Waals surface area contributed by atoms with Crippen molar-refractivity contribution in [3.05, 3.63) is 55.9 Å². The SMILES string of the molecule is Cc1cc2occ(CC(=O)N(C)CC(=O)N(CC(C)C)c3c(N)n(CC(C)C)c(=O)[nH]c3=O)c2cc1C. The number of aromatic nitrogens is 2. The highest BCUT2D eigenvalue weighted by Gasteiger charge is 2.27. The van der Waals surface area contributed by atoms with E-state index in [1.54, 1.807) is 13.3 Å². The minimum Gasteiger partial charge on any atom is -0.464 e. The number of nitrogens with one attached hydrogen (secondary N) is 1. The van der Waals surface area contributed by atoms with Gasteiger partial charge in [0.1, 0.15) is 11.4 Å². The van der Waals surface area contributed by atoms with Crippen LogP contribution < -0.4 is 21.9 Å². The Balaban J connectivity index is 1.86. The molecule has 0 radical (unpaired) electrons. The van der Waals surface area contributed by atoms with Gasteiger partial charge in [-0.1, -0.05) is 27.7 Å². The lowest BCUT2D eigenvalue weighted by atomic mass is 10.0. The fraction of sp³-hybridized carbons (Fsp3) is 0.481. The number of aryl methyl sites for hydroxylation is 2. The number of furan rings is 1. The van der Waals surface area contributed by atoms with Crippen molar-refractivity contribution < 1.29 is 14.0 Å². The van der Waals surface area contributed by atoms with E-state index in [0.717, 1.165) is 22.1 Å². The zero-order chi connectivity index (χ0) is 27.6. The first-order chi connectivity index (χ1) is 17.3. The molecule has 200 valence electrons. The van der Waals surface area contributed by atoms with E-state index in [9.17, 15) is 19.2 Å². The summed E-state index contributed by atoms with van der Waals surface area (Å²) in [6.45, 7) is 11.8. The Morgan fingerprint density at radius 2 is 1.70 bits per heavy atom. The maximum atomic E-state index is 13.4. The van der Waals surface area contributed by atoms with Crippen molar-refractivity contribution in [1.82, 2.24) is 14.5 Å². The van der Waals surface area contributed by atoms with Gasteiger partial charge in [-0.05, 0) is 48.9 Å². The van der Waals surface area contributed by atoms with Crippen LogP contribution in [0, 0.1) is 25.7 Å². The summed E-state index contributed by atoms with van der Waals surface area (Å²) in [5.41, 5.74) is 8.47. The first kappa shape index (κ1) is 27.8. The molecule has 2 heterocycles. The summed E-state index contributed by atoms with van der Waals surface area (Å²) < 4.78 is 6.90. The average molecular weight is 512 g/mol. The molecule has 1 aromatic carbocycles. The molecule has 0 atom stereocenters. The molecule has 0 fully saturated rings. The van der Waals surface area contributed by atoms with E-state index in [2.05, 4.69) is 4.98 Å². The van der Waals surface area contributed by atoms with Crippen LogP contribution >= 0.6 is 0 Å². The lowest BCUT2D eigenvalue weighted by Gasteiger charge is -2.28. The Morgan fingerprint density at radius 3 is 2.32 bits per heavy atom. The molecule has 0 saturated heterocycles. The van der Waals surface area contributed by atoms with Crippen molar-refractivity contribution in [1.29, 1.82) is 0 Å². The predicted molar refractivity (Wildman–Crippen MR) is 145 cm³/mol. The second-order valence-electron chi connectivity index (χ2n) is 10.5. The fourth-order valence-corrected chi connectivity index (χ4v) is 4.22. The zero-order valence-electron chi connectivity index (χ0n) is 22.7. The second-order valence-corrected chi connectivity index (χ2v) is 10.5.